The Bertz CT molecular complexity index is 146. The SMILES string of the molecule is Cl.Cn1cn[c]([AlH2])c1. The summed E-state index contributed by atoms with van der Waals surface area (Å²) in [6, 6.07) is 0. The molecule has 4 heteroatoms. The van der Waals surface area contributed by atoms with Crippen LogP contribution in [-0.4, -0.2) is 25.8 Å². The van der Waals surface area contributed by atoms with E-state index >= 15 is 0 Å². The van der Waals surface area contributed by atoms with Crippen LogP contribution >= 0.6 is 12.4 Å². The van der Waals surface area contributed by atoms with Crippen molar-refractivity contribution in [3.63, 3.8) is 0 Å². The summed E-state index contributed by atoms with van der Waals surface area (Å²) < 4.78 is 3.17. The first-order valence-electron chi connectivity index (χ1n) is 2.23. The highest BCUT2D eigenvalue weighted by molar-refractivity contribution is 6.30. The second-order valence-corrected chi connectivity index (χ2v) is 2.71. The van der Waals surface area contributed by atoms with Crippen LogP contribution in [0.1, 0.15) is 0 Å². The molecule has 0 aliphatic rings. The molecule has 44 valence electrons. The van der Waals surface area contributed by atoms with Crippen molar-refractivity contribution >= 4 is 33.3 Å². The molecule has 1 rings (SSSR count). The molecule has 0 radical (unpaired) electrons. The Labute approximate surface area is 62.8 Å². The first kappa shape index (κ1) is 8.03. The van der Waals surface area contributed by atoms with E-state index in [4.69, 9.17) is 0 Å². The van der Waals surface area contributed by atoms with Gasteiger partial charge in [0.15, 0.2) is 0 Å². The number of halogens is 1. The van der Waals surface area contributed by atoms with Gasteiger partial charge >= 0.3 is 0 Å². The molecule has 0 N–H and O–H groups in total. The second kappa shape index (κ2) is 3.14. The van der Waals surface area contributed by atoms with Gasteiger partial charge in [-0.15, -0.1) is 12.4 Å². The van der Waals surface area contributed by atoms with Crippen molar-refractivity contribution in [2.75, 3.05) is 0 Å². The van der Waals surface area contributed by atoms with Crippen LogP contribution in [0.2, 0.25) is 0 Å². The molecule has 1 aromatic heterocycles. The number of imidazole rings is 1. The Morgan fingerprint density at radius 2 is 2.38 bits per heavy atom. The van der Waals surface area contributed by atoms with Gasteiger partial charge in [-0.1, -0.05) is 0 Å². The van der Waals surface area contributed by atoms with E-state index in [0.717, 1.165) is 16.3 Å². The maximum Gasteiger partial charge on any atom is 0.292 e. The van der Waals surface area contributed by atoms with E-state index in [9.17, 15) is 0 Å². The lowest BCUT2D eigenvalue weighted by Gasteiger charge is -1.78. The lowest BCUT2D eigenvalue weighted by Crippen LogP contribution is -2.00. The van der Waals surface area contributed by atoms with Gasteiger partial charge in [0, 0.05) is 13.2 Å². The first-order chi connectivity index (χ1) is 3.29. The van der Waals surface area contributed by atoms with Crippen molar-refractivity contribution in [1.29, 1.82) is 0 Å². The Kier molecular flexibility index (Phi) is 3.15. The summed E-state index contributed by atoms with van der Waals surface area (Å²) in [6.45, 7) is 0. The number of aromatic nitrogens is 2. The zero-order chi connectivity index (χ0) is 5.28. The Balaban J connectivity index is 0.000000490. The zero-order valence-electron chi connectivity index (χ0n) is 4.96. The minimum absolute atomic E-state index is 0. The minimum Gasteiger partial charge on any atom is -0.342 e. The van der Waals surface area contributed by atoms with Gasteiger partial charge in [0.05, 0.1) is 6.33 Å². The molecule has 0 aromatic carbocycles. The van der Waals surface area contributed by atoms with E-state index in [1.54, 1.807) is 0 Å². The van der Waals surface area contributed by atoms with Crippen molar-refractivity contribution in [2.24, 2.45) is 7.05 Å². The normalized spacial score (nSPS) is 8.12. The van der Waals surface area contributed by atoms with Gasteiger partial charge in [0.1, 0.15) is 0 Å². The summed E-state index contributed by atoms with van der Waals surface area (Å²) >= 11 is 1.06. The molecule has 0 bridgehead atoms. The van der Waals surface area contributed by atoms with E-state index in [1.807, 2.05) is 24.1 Å². The van der Waals surface area contributed by atoms with Gasteiger partial charge < -0.3 is 4.57 Å². The number of hydrogen-bond donors (Lipinski definition) is 0. The molecule has 0 atom stereocenters. The molecule has 1 aromatic rings. The molecule has 8 heavy (non-hydrogen) atoms. The molecule has 0 spiro atoms. The van der Waals surface area contributed by atoms with Crippen LogP contribution in [-0.2, 0) is 7.05 Å². The lowest BCUT2D eigenvalue weighted by molar-refractivity contribution is 0.914. The van der Waals surface area contributed by atoms with Crippen LogP contribution in [0, 0.1) is 0 Å². The fourth-order valence-corrected chi connectivity index (χ4v) is 1.07. The van der Waals surface area contributed by atoms with E-state index in [2.05, 4.69) is 4.98 Å². The summed E-state index contributed by atoms with van der Waals surface area (Å²) in [6.07, 6.45) is 3.86. The van der Waals surface area contributed by atoms with Crippen LogP contribution in [0.25, 0.3) is 0 Å². The third-order valence-corrected chi connectivity index (χ3v) is 1.35. The van der Waals surface area contributed by atoms with Gasteiger partial charge in [-0.2, -0.15) is 0 Å². The van der Waals surface area contributed by atoms with E-state index in [0.29, 0.717) is 0 Å². The van der Waals surface area contributed by atoms with Gasteiger partial charge in [0.25, 0.3) is 16.3 Å². The Morgan fingerprint density at radius 3 is 2.50 bits per heavy atom. The second-order valence-electron chi connectivity index (χ2n) is 1.68. The van der Waals surface area contributed by atoms with Crippen LogP contribution in [0.5, 0.6) is 0 Å². The number of aryl methyl sites for hydroxylation is 1. The fraction of sp³-hybridized carbons (Fsp3) is 0.250. The quantitative estimate of drug-likeness (QED) is 0.434. The summed E-state index contributed by atoms with van der Waals surface area (Å²) in [7, 11) is 1.98. The van der Waals surface area contributed by atoms with Crippen LogP contribution in [0.4, 0.5) is 0 Å². The van der Waals surface area contributed by atoms with Gasteiger partial charge in [-0.3, -0.25) is 4.98 Å². The molecule has 0 unspecified atom stereocenters. The molecule has 0 saturated carbocycles. The molecule has 2 nitrogen and oxygen atoms in total. The number of nitrogens with zero attached hydrogens (tertiary/aromatic N) is 2. The smallest absolute Gasteiger partial charge is 0.292 e. The molecule has 0 fully saturated rings. The van der Waals surface area contributed by atoms with Crippen molar-refractivity contribution < 1.29 is 0 Å². The van der Waals surface area contributed by atoms with E-state index in [-0.39, 0.29) is 12.4 Å². The van der Waals surface area contributed by atoms with Crippen LogP contribution in [0.15, 0.2) is 12.5 Å². The van der Waals surface area contributed by atoms with E-state index < -0.39 is 0 Å². The van der Waals surface area contributed by atoms with Crippen LogP contribution in [0.3, 0.4) is 0 Å². The lowest BCUT2D eigenvalue weighted by atomic mass is 10.9. The first-order valence-corrected chi connectivity index (χ1v) is 3.23. The molecular weight excluding hydrogens is 138 g/mol. The highest BCUT2D eigenvalue weighted by atomic mass is 35.5. The number of hydrogen-bond acceptors (Lipinski definition) is 1. The predicted octanol–water partition coefficient (Wildman–Crippen LogP) is -0.900. The monoisotopic (exact) mass is 146 g/mol. The third-order valence-electron chi connectivity index (χ3n) is 0.834. The van der Waals surface area contributed by atoms with Crippen molar-refractivity contribution in [2.45, 2.75) is 0 Å². The largest absolute Gasteiger partial charge is 0.342 e. The van der Waals surface area contributed by atoms with Gasteiger partial charge in [0.2, 0.25) is 0 Å². The Morgan fingerprint density at radius 1 is 1.75 bits per heavy atom. The van der Waals surface area contributed by atoms with Crippen molar-refractivity contribution in [1.82, 2.24) is 9.55 Å². The summed E-state index contributed by atoms with van der Waals surface area (Å²) in [5.41, 5.74) is 0. The zero-order valence-corrected chi connectivity index (χ0v) is 7.77. The molecule has 0 aliphatic heterocycles. The maximum absolute atomic E-state index is 4.04. The number of rotatable bonds is 0. The average molecular weight is 147 g/mol. The van der Waals surface area contributed by atoms with Gasteiger partial charge in [-0.25, -0.2) is 0 Å². The van der Waals surface area contributed by atoms with Crippen molar-refractivity contribution in [3.05, 3.63) is 12.5 Å². The topological polar surface area (TPSA) is 17.8 Å². The molecule has 0 aliphatic carbocycles. The van der Waals surface area contributed by atoms with Gasteiger partial charge in [-0.05, 0) is 4.56 Å². The minimum atomic E-state index is 0. The predicted molar refractivity (Wildman–Crippen MR) is 38.6 cm³/mol. The third kappa shape index (κ3) is 1.87. The molecular formula is C4H8AlClN2. The standard InChI is InChI=1S/C4H5N2.Al.ClH.2H/c1-6-3-2-5-4-6;;;;/h3-4H,1H3;;1H;;. The molecule has 1 heterocycles. The summed E-state index contributed by atoms with van der Waals surface area (Å²) in [4.78, 5) is 4.04. The highest BCUT2D eigenvalue weighted by Gasteiger charge is 1.82. The maximum atomic E-state index is 4.04. The summed E-state index contributed by atoms with van der Waals surface area (Å²) in [5, 5.41) is 0. The Hall–Kier alpha value is 0.0325. The molecule has 0 amide bonds. The van der Waals surface area contributed by atoms with Crippen LogP contribution < -0.4 is 4.56 Å². The molecule has 0 saturated heterocycles. The van der Waals surface area contributed by atoms with Crippen molar-refractivity contribution in [3.8, 4) is 0 Å². The van der Waals surface area contributed by atoms with E-state index in [1.165, 1.54) is 4.56 Å². The fourth-order valence-electron chi connectivity index (χ4n) is 0.544. The summed E-state index contributed by atoms with van der Waals surface area (Å²) in [5.74, 6) is 0. The average Bonchev–Trinajstić information content (AvgIpc) is 1.87. The highest BCUT2D eigenvalue weighted by Crippen LogP contribution is 1.70.